The van der Waals surface area contributed by atoms with Crippen molar-refractivity contribution in [1.29, 1.82) is 0 Å². The number of methoxy groups -OCH3 is 1. The van der Waals surface area contributed by atoms with Gasteiger partial charge in [-0.15, -0.1) is 0 Å². The minimum absolute atomic E-state index is 0.0378. The minimum Gasteiger partial charge on any atom is -0.497 e. The van der Waals surface area contributed by atoms with Crippen molar-refractivity contribution < 1.29 is 28.7 Å². The molecular weight excluding hydrogens is 498 g/mol. The van der Waals surface area contributed by atoms with Gasteiger partial charge >= 0.3 is 5.97 Å². The molecule has 0 fully saturated rings. The van der Waals surface area contributed by atoms with E-state index in [1.807, 2.05) is 0 Å². The summed E-state index contributed by atoms with van der Waals surface area (Å²) >= 11 is 0. The quantitative estimate of drug-likeness (QED) is 0.286. The smallest absolute Gasteiger partial charge is 0.306 e. The Morgan fingerprint density at radius 2 is 1.87 bits per heavy atom. The lowest BCUT2D eigenvalue weighted by molar-refractivity contribution is -0.143. The van der Waals surface area contributed by atoms with Crippen LogP contribution in [0.2, 0.25) is 0 Å². The van der Waals surface area contributed by atoms with Crippen molar-refractivity contribution in [2.24, 2.45) is 0 Å². The molecule has 9 heteroatoms. The number of Topliss-reactive ketones (excluding diaryl/α,β-unsaturated/α-hetero) is 1. The number of nitrogens with one attached hydrogen (secondary N) is 3. The topological polar surface area (TPSA) is 127 Å². The van der Waals surface area contributed by atoms with E-state index in [1.165, 1.54) is 0 Å². The molecule has 0 atom stereocenters. The molecule has 2 aromatic carbocycles. The predicted octanol–water partition coefficient (Wildman–Crippen LogP) is 4.78. The van der Waals surface area contributed by atoms with Gasteiger partial charge in [0.25, 0.3) is 11.8 Å². The number of hydrogen-bond donors (Lipinski definition) is 3. The van der Waals surface area contributed by atoms with Crippen molar-refractivity contribution in [3.05, 3.63) is 76.1 Å². The van der Waals surface area contributed by atoms with Gasteiger partial charge in [0.15, 0.2) is 5.78 Å². The lowest BCUT2D eigenvalue weighted by Gasteiger charge is -2.11. The van der Waals surface area contributed by atoms with E-state index in [-0.39, 0.29) is 36.6 Å². The summed E-state index contributed by atoms with van der Waals surface area (Å²) in [5.74, 6) is -0.236. The average molecular weight is 528 g/mol. The standard InChI is InChI=1S/C30H29N3O6/c1-3-39-27(35)14-12-20-25(32-24-5-4-6-26(34)28(20)24)16-22-21-15-18(9-13-23(21)33-30(22)37)31-29(36)17-7-10-19(38-2)11-8-17/h7-11,13,15-16,32H,3-6,12,14H2,1-2H3,(H,31,36)(H,33,37). The fraction of sp³-hybridized carbons (Fsp3) is 0.267. The van der Waals surface area contributed by atoms with E-state index < -0.39 is 0 Å². The third kappa shape index (κ3) is 5.34. The molecule has 1 aliphatic carbocycles. The first kappa shape index (κ1) is 26.0. The molecule has 0 unspecified atom stereocenters. The summed E-state index contributed by atoms with van der Waals surface area (Å²) in [5.41, 5.74) is 5.44. The van der Waals surface area contributed by atoms with Gasteiger partial charge in [-0.3, -0.25) is 19.2 Å². The molecule has 0 bridgehead atoms. The number of fused-ring (bicyclic) bond motifs is 2. The van der Waals surface area contributed by atoms with Crippen LogP contribution in [0.3, 0.4) is 0 Å². The Labute approximate surface area is 225 Å². The minimum atomic E-state index is -0.337. The lowest BCUT2D eigenvalue weighted by Crippen LogP contribution is -2.12. The third-order valence-electron chi connectivity index (χ3n) is 6.91. The normalized spacial score (nSPS) is 15.0. The number of hydrogen-bond acceptors (Lipinski definition) is 6. The van der Waals surface area contributed by atoms with Crippen molar-refractivity contribution in [1.82, 2.24) is 4.98 Å². The first-order valence-corrected chi connectivity index (χ1v) is 12.9. The summed E-state index contributed by atoms with van der Waals surface area (Å²) < 4.78 is 10.2. The molecule has 1 aromatic heterocycles. The number of aryl methyl sites for hydroxylation is 1. The van der Waals surface area contributed by atoms with Gasteiger partial charge in [-0.25, -0.2) is 0 Å². The maximum Gasteiger partial charge on any atom is 0.306 e. The number of anilines is 2. The zero-order valence-electron chi connectivity index (χ0n) is 21.8. The molecule has 3 aromatic rings. The van der Waals surface area contributed by atoms with E-state index in [1.54, 1.807) is 62.6 Å². The Balaban J connectivity index is 1.46. The van der Waals surface area contributed by atoms with E-state index in [0.29, 0.717) is 57.9 Å². The van der Waals surface area contributed by atoms with Gasteiger partial charge in [0.1, 0.15) is 5.75 Å². The summed E-state index contributed by atoms with van der Waals surface area (Å²) in [7, 11) is 1.56. The van der Waals surface area contributed by atoms with Crippen LogP contribution in [0.5, 0.6) is 5.75 Å². The SMILES string of the molecule is CCOC(=O)CCc1c(C=C2C(=O)Nc3ccc(NC(=O)c4ccc(OC)cc4)cc32)[nH]c2c1C(=O)CCC2. The van der Waals surface area contributed by atoms with Crippen LogP contribution in [0.4, 0.5) is 11.4 Å². The van der Waals surface area contributed by atoms with Crippen molar-refractivity contribution in [2.45, 2.75) is 39.0 Å². The Bertz CT molecular complexity index is 1500. The number of carbonyl (C=O) groups is 4. The molecule has 1 aliphatic heterocycles. The average Bonchev–Trinajstić information content (AvgIpc) is 3.44. The zero-order chi connectivity index (χ0) is 27.5. The van der Waals surface area contributed by atoms with Crippen LogP contribution in [0.1, 0.15) is 69.4 Å². The van der Waals surface area contributed by atoms with E-state index in [9.17, 15) is 19.2 Å². The molecule has 9 nitrogen and oxygen atoms in total. The second-order valence-corrected chi connectivity index (χ2v) is 9.41. The summed E-state index contributed by atoms with van der Waals surface area (Å²) in [6.07, 6.45) is 4.10. The highest BCUT2D eigenvalue weighted by molar-refractivity contribution is 6.35. The number of amides is 2. The summed E-state index contributed by atoms with van der Waals surface area (Å²) in [6, 6.07) is 12.0. The van der Waals surface area contributed by atoms with Crippen LogP contribution in [0.15, 0.2) is 42.5 Å². The molecular formula is C30H29N3O6. The molecule has 200 valence electrons. The molecule has 5 rings (SSSR count). The maximum atomic E-state index is 13.0. The zero-order valence-corrected chi connectivity index (χ0v) is 21.8. The highest BCUT2D eigenvalue weighted by Crippen LogP contribution is 2.37. The first-order chi connectivity index (χ1) is 18.9. The molecule has 0 saturated heterocycles. The monoisotopic (exact) mass is 527 g/mol. The Morgan fingerprint density at radius 1 is 1.08 bits per heavy atom. The van der Waals surface area contributed by atoms with Crippen molar-refractivity contribution in [3.8, 4) is 5.75 Å². The van der Waals surface area contributed by atoms with Crippen molar-refractivity contribution in [2.75, 3.05) is 24.4 Å². The van der Waals surface area contributed by atoms with Crippen LogP contribution in [0.25, 0.3) is 11.6 Å². The van der Waals surface area contributed by atoms with E-state index in [0.717, 1.165) is 24.1 Å². The summed E-state index contributed by atoms with van der Waals surface area (Å²) in [4.78, 5) is 54.0. The number of aromatic amines is 1. The highest BCUT2D eigenvalue weighted by Gasteiger charge is 2.29. The van der Waals surface area contributed by atoms with Crippen LogP contribution in [-0.2, 0) is 27.2 Å². The van der Waals surface area contributed by atoms with Crippen LogP contribution in [0, 0.1) is 0 Å². The van der Waals surface area contributed by atoms with Crippen LogP contribution in [-0.4, -0.2) is 42.3 Å². The molecule has 0 saturated carbocycles. The third-order valence-corrected chi connectivity index (χ3v) is 6.91. The molecule has 0 spiro atoms. The summed E-state index contributed by atoms with van der Waals surface area (Å²) in [6.45, 7) is 2.04. The Kier molecular flexibility index (Phi) is 7.31. The second kappa shape index (κ2) is 11.0. The number of ether oxygens (including phenoxy) is 2. The van der Waals surface area contributed by atoms with Crippen molar-refractivity contribution in [3.63, 3.8) is 0 Å². The molecule has 0 radical (unpaired) electrons. The van der Waals surface area contributed by atoms with Gasteiger partial charge in [-0.05, 0) is 80.3 Å². The fourth-order valence-corrected chi connectivity index (χ4v) is 5.03. The van der Waals surface area contributed by atoms with Gasteiger partial charge in [0.2, 0.25) is 0 Å². The Morgan fingerprint density at radius 3 is 2.62 bits per heavy atom. The summed E-state index contributed by atoms with van der Waals surface area (Å²) in [5, 5.41) is 5.74. The number of benzene rings is 2. The number of H-pyrrole nitrogens is 1. The van der Waals surface area contributed by atoms with Crippen molar-refractivity contribution >= 4 is 46.6 Å². The number of ketones is 1. The molecule has 2 amide bonds. The number of esters is 1. The number of carbonyl (C=O) groups excluding carboxylic acids is 4. The van der Waals surface area contributed by atoms with E-state index >= 15 is 0 Å². The highest BCUT2D eigenvalue weighted by atomic mass is 16.5. The maximum absolute atomic E-state index is 13.0. The molecule has 2 aliphatic rings. The van der Waals surface area contributed by atoms with E-state index in [4.69, 9.17) is 9.47 Å². The van der Waals surface area contributed by atoms with Crippen LogP contribution < -0.4 is 15.4 Å². The number of rotatable bonds is 8. The fourth-order valence-electron chi connectivity index (χ4n) is 5.03. The second-order valence-electron chi connectivity index (χ2n) is 9.41. The molecule has 2 heterocycles. The molecule has 39 heavy (non-hydrogen) atoms. The van der Waals surface area contributed by atoms with Gasteiger partial charge in [-0.2, -0.15) is 0 Å². The number of aromatic nitrogens is 1. The largest absolute Gasteiger partial charge is 0.497 e. The Hall–Kier alpha value is -4.66. The van der Waals surface area contributed by atoms with Gasteiger partial charge in [0, 0.05) is 52.3 Å². The van der Waals surface area contributed by atoms with Crippen LogP contribution >= 0.6 is 0 Å². The van der Waals surface area contributed by atoms with Gasteiger partial charge in [-0.1, -0.05) is 0 Å². The van der Waals surface area contributed by atoms with Gasteiger partial charge in [0.05, 0.1) is 19.3 Å². The predicted molar refractivity (Wildman–Crippen MR) is 147 cm³/mol. The van der Waals surface area contributed by atoms with E-state index in [2.05, 4.69) is 15.6 Å². The molecule has 3 N–H and O–H groups in total. The van der Waals surface area contributed by atoms with Gasteiger partial charge < -0.3 is 25.1 Å². The lowest BCUT2D eigenvalue weighted by atomic mass is 9.91. The first-order valence-electron chi connectivity index (χ1n) is 12.9.